The molecular weight excluding hydrogens is 553 g/mol. The van der Waals surface area contributed by atoms with E-state index in [0.29, 0.717) is 0 Å². The monoisotopic (exact) mass is 565 g/mol. The fraction of sp³-hybridized carbons (Fsp3) is 0.150. The van der Waals surface area contributed by atoms with Crippen LogP contribution in [0.15, 0.2) is 36.7 Å². The lowest BCUT2D eigenvalue weighted by molar-refractivity contribution is -0.389. The molecule has 0 saturated heterocycles. The molecule has 1 aromatic heterocycles. The molecule has 196 valence electrons. The lowest BCUT2D eigenvalue weighted by Crippen LogP contribution is -2.27. The average molecular weight is 566 g/mol. The molecule has 0 fully saturated rings. The highest BCUT2D eigenvalue weighted by Gasteiger charge is 2.36. The molecule has 11 nitrogen and oxygen atoms in total. The third kappa shape index (κ3) is 8.02. The zero-order chi connectivity index (χ0) is 27.9. The Bertz CT molecular complexity index is 1340. The van der Waals surface area contributed by atoms with Gasteiger partial charge in [-0.1, -0.05) is 29.3 Å². The summed E-state index contributed by atoms with van der Waals surface area (Å²) >= 11 is 11.9. The predicted octanol–water partition coefficient (Wildman–Crippen LogP) is 4.22. The number of aliphatic hydroxyl groups is 2. The van der Waals surface area contributed by atoms with Crippen molar-refractivity contribution in [1.82, 2.24) is 15.3 Å². The molecule has 2 aromatic carbocycles. The number of imidazole rings is 1. The van der Waals surface area contributed by atoms with Crippen molar-refractivity contribution in [3.8, 4) is 17.6 Å². The molecule has 37 heavy (non-hydrogen) atoms. The number of halogens is 6. The molecule has 0 spiro atoms. The number of ether oxygens (including phenoxy) is 1. The Labute approximate surface area is 214 Å². The Morgan fingerprint density at radius 1 is 1.30 bits per heavy atom. The van der Waals surface area contributed by atoms with Crippen LogP contribution in [0, 0.1) is 27.3 Å². The van der Waals surface area contributed by atoms with E-state index in [0.717, 1.165) is 6.33 Å². The average Bonchev–Trinajstić information content (AvgIpc) is 3.31. The minimum atomic E-state index is -4.89. The van der Waals surface area contributed by atoms with E-state index in [1.807, 2.05) is 6.07 Å². The van der Waals surface area contributed by atoms with Gasteiger partial charge in [-0.25, -0.2) is 14.4 Å². The number of nitro groups is 1. The number of aromatic nitrogens is 2. The SMILES string of the molecule is N#Cc1cc(Cl)cc(Oc2c(Cl)ccc(CNC(=O)c3nc[nH]c3[N+](=O)[O-])c2F)c1.OC(O)C(F)(F)F. The fourth-order valence-electron chi connectivity index (χ4n) is 2.46. The second kappa shape index (κ2) is 12.3. The van der Waals surface area contributed by atoms with E-state index in [4.69, 9.17) is 43.4 Å². The number of aromatic amines is 1. The number of nitriles is 1. The first kappa shape index (κ1) is 29.3. The Morgan fingerprint density at radius 2 is 1.95 bits per heavy atom. The summed E-state index contributed by atoms with van der Waals surface area (Å²) < 4.78 is 52.4. The quantitative estimate of drug-likeness (QED) is 0.149. The molecule has 3 rings (SSSR count). The van der Waals surface area contributed by atoms with Crippen LogP contribution in [-0.4, -0.2) is 43.5 Å². The number of aliphatic hydroxyl groups excluding tert-OH is 1. The largest absolute Gasteiger partial charge is 0.453 e. The van der Waals surface area contributed by atoms with Gasteiger partial charge in [-0.15, -0.1) is 0 Å². The van der Waals surface area contributed by atoms with Crippen LogP contribution in [0.2, 0.25) is 10.0 Å². The second-order valence-electron chi connectivity index (χ2n) is 6.69. The molecule has 0 aliphatic rings. The fourth-order valence-corrected chi connectivity index (χ4v) is 2.87. The zero-order valence-corrected chi connectivity index (χ0v) is 19.4. The summed E-state index contributed by atoms with van der Waals surface area (Å²) in [4.78, 5) is 28.1. The van der Waals surface area contributed by atoms with Crippen molar-refractivity contribution in [1.29, 1.82) is 5.26 Å². The molecule has 17 heteroatoms. The Kier molecular flexibility index (Phi) is 9.74. The Balaban J connectivity index is 0.000000604. The van der Waals surface area contributed by atoms with Crippen molar-refractivity contribution in [2.45, 2.75) is 19.0 Å². The van der Waals surface area contributed by atoms with E-state index in [-0.39, 0.29) is 39.2 Å². The van der Waals surface area contributed by atoms with Gasteiger partial charge in [0.05, 0.1) is 16.7 Å². The predicted molar refractivity (Wildman–Crippen MR) is 118 cm³/mol. The molecule has 0 saturated carbocycles. The summed E-state index contributed by atoms with van der Waals surface area (Å²) in [6.07, 6.45) is -7.09. The molecule has 0 atom stereocenters. The maximum absolute atomic E-state index is 14.9. The third-order valence-electron chi connectivity index (χ3n) is 4.10. The number of rotatable bonds is 6. The summed E-state index contributed by atoms with van der Waals surface area (Å²) in [5.41, 5.74) is -0.227. The van der Waals surface area contributed by atoms with Crippen LogP contribution >= 0.6 is 23.2 Å². The Hall–Kier alpha value is -3.97. The zero-order valence-electron chi connectivity index (χ0n) is 17.9. The first-order valence-corrected chi connectivity index (χ1v) is 10.2. The number of carbonyl (C=O) groups is 1. The van der Waals surface area contributed by atoms with Crippen LogP contribution in [0.5, 0.6) is 11.5 Å². The normalized spacial score (nSPS) is 10.8. The molecule has 0 aliphatic heterocycles. The highest BCUT2D eigenvalue weighted by molar-refractivity contribution is 6.32. The van der Waals surface area contributed by atoms with E-state index in [1.165, 1.54) is 30.3 Å². The van der Waals surface area contributed by atoms with Crippen molar-refractivity contribution in [2.24, 2.45) is 0 Å². The minimum Gasteiger partial charge on any atom is -0.453 e. The van der Waals surface area contributed by atoms with Gasteiger partial charge in [0.15, 0.2) is 17.9 Å². The maximum atomic E-state index is 14.9. The number of nitrogens with one attached hydrogen (secondary N) is 2. The van der Waals surface area contributed by atoms with E-state index in [9.17, 15) is 32.5 Å². The number of hydrogen-bond acceptors (Lipinski definition) is 8. The second-order valence-corrected chi connectivity index (χ2v) is 7.54. The van der Waals surface area contributed by atoms with Crippen molar-refractivity contribution >= 4 is 34.9 Å². The van der Waals surface area contributed by atoms with Gasteiger partial charge in [0.25, 0.3) is 12.2 Å². The van der Waals surface area contributed by atoms with Crippen molar-refractivity contribution < 1.29 is 42.2 Å². The van der Waals surface area contributed by atoms with Crippen LogP contribution in [0.25, 0.3) is 0 Å². The molecular formula is C20H13Cl2F4N5O6. The standard InChI is InChI=1S/C18H10Cl2FN5O4.C2H3F3O2/c19-11-3-9(6-22)4-12(5-11)30-16-13(20)2-1-10(14(16)21)7-23-18(27)15-17(26(28)29)25-8-24-15;3-2(4,5)1(6)7/h1-5,8H,7H2,(H,23,27)(H,24,25);1,6-7H. The van der Waals surface area contributed by atoms with E-state index in [2.05, 4.69) is 15.3 Å². The summed E-state index contributed by atoms with van der Waals surface area (Å²) in [5, 5.41) is 37.0. The summed E-state index contributed by atoms with van der Waals surface area (Å²) in [5.74, 6) is -2.55. The molecule has 0 aliphatic carbocycles. The molecule has 4 N–H and O–H groups in total. The van der Waals surface area contributed by atoms with Gasteiger partial charge in [0.2, 0.25) is 5.69 Å². The molecule has 0 unspecified atom stereocenters. The number of amides is 1. The molecule has 1 amide bonds. The van der Waals surface area contributed by atoms with Gasteiger partial charge in [-0.05, 0) is 29.2 Å². The topological polar surface area (TPSA) is 174 Å². The summed E-state index contributed by atoms with van der Waals surface area (Å²) in [6, 6.07) is 8.72. The van der Waals surface area contributed by atoms with E-state index in [1.54, 1.807) is 0 Å². The smallest absolute Gasteiger partial charge is 0.439 e. The lowest BCUT2D eigenvalue weighted by Gasteiger charge is -2.13. The summed E-state index contributed by atoms with van der Waals surface area (Å²) in [7, 11) is 0. The first-order valence-electron chi connectivity index (χ1n) is 9.48. The number of nitrogens with zero attached hydrogens (tertiary/aromatic N) is 3. The number of H-pyrrole nitrogens is 1. The number of alkyl halides is 3. The van der Waals surface area contributed by atoms with Gasteiger partial charge in [-0.3, -0.25) is 4.79 Å². The molecule has 0 radical (unpaired) electrons. The molecule has 3 aromatic rings. The number of carbonyl (C=O) groups excluding carboxylic acids is 1. The van der Waals surface area contributed by atoms with E-state index < -0.39 is 40.6 Å². The van der Waals surface area contributed by atoms with Crippen molar-refractivity contribution in [3.05, 3.63) is 79.5 Å². The van der Waals surface area contributed by atoms with Crippen LogP contribution in [0.4, 0.5) is 23.4 Å². The number of hydrogen-bond donors (Lipinski definition) is 4. The molecule has 1 heterocycles. The maximum Gasteiger partial charge on any atom is 0.439 e. The van der Waals surface area contributed by atoms with Crippen LogP contribution < -0.4 is 10.1 Å². The van der Waals surface area contributed by atoms with Gasteiger partial charge in [0.1, 0.15) is 5.75 Å². The van der Waals surface area contributed by atoms with Crippen LogP contribution in [-0.2, 0) is 6.54 Å². The minimum absolute atomic E-state index is 0.00322. The van der Waals surface area contributed by atoms with Crippen molar-refractivity contribution in [2.75, 3.05) is 0 Å². The highest BCUT2D eigenvalue weighted by atomic mass is 35.5. The highest BCUT2D eigenvalue weighted by Crippen LogP contribution is 2.35. The van der Waals surface area contributed by atoms with Gasteiger partial charge in [-0.2, -0.15) is 18.4 Å². The van der Waals surface area contributed by atoms with Gasteiger partial charge in [0, 0.05) is 17.1 Å². The first-order chi connectivity index (χ1) is 17.2. The number of benzene rings is 2. The van der Waals surface area contributed by atoms with E-state index >= 15 is 0 Å². The van der Waals surface area contributed by atoms with Crippen LogP contribution in [0.3, 0.4) is 0 Å². The summed E-state index contributed by atoms with van der Waals surface area (Å²) in [6.45, 7) is -0.318. The van der Waals surface area contributed by atoms with Crippen LogP contribution in [0.1, 0.15) is 21.6 Å². The Morgan fingerprint density at radius 3 is 2.51 bits per heavy atom. The van der Waals surface area contributed by atoms with Gasteiger partial charge >= 0.3 is 12.0 Å². The van der Waals surface area contributed by atoms with Gasteiger partial charge < -0.3 is 30.4 Å². The van der Waals surface area contributed by atoms with Crippen molar-refractivity contribution in [3.63, 3.8) is 0 Å². The molecule has 0 bridgehead atoms. The third-order valence-corrected chi connectivity index (χ3v) is 4.61. The lowest BCUT2D eigenvalue weighted by atomic mass is 10.2.